The predicted octanol–water partition coefficient (Wildman–Crippen LogP) is 1.69. The minimum atomic E-state index is -0.176. The first-order chi connectivity index (χ1) is 11.0. The lowest BCUT2D eigenvalue weighted by molar-refractivity contribution is 0.0950. The van der Waals surface area contributed by atoms with Crippen LogP contribution in [0.1, 0.15) is 21.5 Å². The molecule has 122 valence electrons. The molecule has 6 nitrogen and oxygen atoms in total. The summed E-state index contributed by atoms with van der Waals surface area (Å²) < 4.78 is 0. The number of hydrogen-bond donors (Lipinski definition) is 2. The number of likely N-dealkylation sites (N-methyl/N-ethyl adjacent to an activating group) is 1. The molecule has 1 aromatic carbocycles. The molecule has 0 unspecified atom stereocenters. The molecule has 0 bridgehead atoms. The molecular weight excluding hydrogens is 290 g/mol. The van der Waals surface area contributed by atoms with Gasteiger partial charge < -0.3 is 15.5 Å². The molecule has 0 spiro atoms. The first-order valence-corrected chi connectivity index (χ1v) is 7.59. The first kappa shape index (κ1) is 16.9. The molecule has 1 aromatic heterocycles. The summed E-state index contributed by atoms with van der Waals surface area (Å²) in [7, 11) is 4.01. The zero-order valence-electron chi connectivity index (χ0n) is 13.8. The van der Waals surface area contributed by atoms with E-state index in [4.69, 9.17) is 0 Å². The molecule has 0 atom stereocenters. The van der Waals surface area contributed by atoms with Crippen molar-refractivity contribution in [2.45, 2.75) is 13.5 Å². The summed E-state index contributed by atoms with van der Waals surface area (Å²) >= 11 is 0. The van der Waals surface area contributed by atoms with Gasteiger partial charge in [0, 0.05) is 32.0 Å². The highest BCUT2D eigenvalue weighted by Crippen LogP contribution is 2.04. The van der Waals surface area contributed by atoms with Crippen LogP contribution in [0.15, 0.2) is 36.7 Å². The number of benzene rings is 1. The average molecular weight is 313 g/mol. The number of carbonyl (C=O) groups excluding carboxylic acids is 1. The minimum Gasteiger partial charge on any atom is -0.353 e. The van der Waals surface area contributed by atoms with E-state index in [1.165, 1.54) is 18.0 Å². The maximum Gasteiger partial charge on any atom is 0.254 e. The quantitative estimate of drug-likeness (QED) is 0.814. The van der Waals surface area contributed by atoms with Gasteiger partial charge in [0.05, 0.1) is 5.56 Å². The van der Waals surface area contributed by atoms with E-state index in [1.54, 1.807) is 0 Å². The van der Waals surface area contributed by atoms with Gasteiger partial charge in [0.25, 0.3) is 5.91 Å². The summed E-state index contributed by atoms with van der Waals surface area (Å²) in [6.45, 7) is 4.17. The summed E-state index contributed by atoms with van der Waals surface area (Å²) in [6, 6.07) is 8.06. The monoisotopic (exact) mass is 313 g/mol. The normalized spacial score (nSPS) is 10.6. The van der Waals surface area contributed by atoms with Crippen LogP contribution in [0, 0.1) is 6.92 Å². The van der Waals surface area contributed by atoms with Crippen LogP contribution < -0.4 is 10.6 Å². The fourth-order valence-corrected chi connectivity index (χ4v) is 1.92. The van der Waals surface area contributed by atoms with Crippen molar-refractivity contribution in [3.8, 4) is 0 Å². The van der Waals surface area contributed by atoms with Gasteiger partial charge >= 0.3 is 0 Å². The highest BCUT2D eigenvalue weighted by molar-refractivity contribution is 5.93. The van der Waals surface area contributed by atoms with Crippen LogP contribution in [0.3, 0.4) is 0 Å². The van der Waals surface area contributed by atoms with E-state index in [0.29, 0.717) is 18.1 Å². The largest absolute Gasteiger partial charge is 0.353 e. The lowest BCUT2D eigenvalue weighted by atomic mass is 10.1. The van der Waals surface area contributed by atoms with E-state index in [-0.39, 0.29) is 5.91 Å². The maximum atomic E-state index is 12.1. The van der Waals surface area contributed by atoms with E-state index in [9.17, 15) is 4.79 Å². The highest BCUT2D eigenvalue weighted by atomic mass is 16.1. The number of nitrogens with zero attached hydrogens (tertiary/aromatic N) is 3. The molecular formula is C17H23N5O. The zero-order chi connectivity index (χ0) is 16.7. The second-order valence-electron chi connectivity index (χ2n) is 5.69. The number of hydrogen-bond acceptors (Lipinski definition) is 5. The Hall–Kier alpha value is -2.47. The molecule has 0 saturated heterocycles. The summed E-state index contributed by atoms with van der Waals surface area (Å²) in [5.41, 5.74) is 2.72. The zero-order valence-corrected chi connectivity index (χ0v) is 13.8. The molecule has 23 heavy (non-hydrogen) atoms. The van der Waals surface area contributed by atoms with Gasteiger partial charge in [0.15, 0.2) is 0 Å². The SMILES string of the molecule is Cc1ccc(CNC(=O)c2cnc(NCCN(C)C)nc2)cc1. The van der Waals surface area contributed by atoms with Crippen molar-refractivity contribution >= 4 is 11.9 Å². The second-order valence-corrected chi connectivity index (χ2v) is 5.69. The van der Waals surface area contributed by atoms with E-state index >= 15 is 0 Å². The smallest absolute Gasteiger partial charge is 0.254 e. The van der Waals surface area contributed by atoms with Crippen LogP contribution in [-0.4, -0.2) is 48.0 Å². The lowest BCUT2D eigenvalue weighted by Crippen LogP contribution is -2.24. The summed E-state index contributed by atoms with van der Waals surface area (Å²) in [6.07, 6.45) is 3.07. The van der Waals surface area contributed by atoms with Crippen LogP contribution in [0.4, 0.5) is 5.95 Å². The highest BCUT2D eigenvalue weighted by Gasteiger charge is 2.07. The van der Waals surface area contributed by atoms with E-state index in [2.05, 4.69) is 25.5 Å². The van der Waals surface area contributed by atoms with Gasteiger partial charge in [-0.2, -0.15) is 0 Å². The van der Waals surface area contributed by atoms with E-state index in [1.807, 2.05) is 45.3 Å². The lowest BCUT2D eigenvalue weighted by Gasteiger charge is -2.10. The number of anilines is 1. The Morgan fingerprint density at radius 3 is 2.39 bits per heavy atom. The van der Waals surface area contributed by atoms with Crippen molar-refractivity contribution in [3.63, 3.8) is 0 Å². The Morgan fingerprint density at radius 1 is 1.13 bits per heavy atom. The topological polar surface area (TPSA) is 70.2 Å². The average Bonchev–Trinajstić information content (AvgIpc) is 2.54. The van der Waals surface area contributed by atoms with Crippen molar-refractivity contribution in [3.05, 3.63) is 53.3 Å². The van der Waals surface area contributed by atoms with Gasteiger partial charge in [-0.05, 0) is 26.6 Å². The van der Waals surface area contributed by atoms with Gasteiger partial charge in [-0.1, -0.05) is 29.8 Å². The van der Waals surface area contributed by atoms with Crippen molar-refractivity contribution in [1.29, 1.82) is 0 Å². The van der Waals surface area contributed by atoms with E-state index in [0.717, 1.165) is 18.7 Å². The van der Waals surface area contributed by atoms with Crippen molar-refractivity contribution in [2.75, 3.05) is 32.5 Å². The van der Waals surface area contributed by atoms with E-state index < -0.39 is 0 Å². The molecule has 0 aliphatic heterocycles. The Bertz CT molecular complexity index is 622. The molecule has 0 fully saturated rings. The molecule has 1 heterocycles. The van der Waals surface area contributed by atoms with Crippen molar-refractivity contribution < 1.29 is 4.79 Å². The van der Waals surface area contributed by atoms with Crippen LogP contribution in [0.5, 0.6) is 0 Å². The molecule has 0 radical (unpaired) electrons. The summed E-state index contributed by atoms with van der Waals surface area (Å²) in [5, 5.41) is 5.98. The molecule has 1 amide bonds. The van der Waals surface area contributed by atoms with Crippen LogP contribution in [-0.2, 0) is 6.54 Å². The number of aryl methyl sites for hydroxylation is 1. The molecule has 2 aromatic rings. The molecule has 2 N–H and O–H groups in total. The minimum absolute atomic E-state index is 0.176. The van der Waals surface area contributed by atoms with Gasteiger partial charge in [-0.3, -0.25) is 4.79 Å². The Labute approximate surface area is 137 Å². The van der Waals surface area contributed by atoms with Crippen LogP contribution in [0.25, 0.3) is 0 Å². The van der Waals surface area contributed by atoms with Crippen molar-refractivity contribution in [1.82, 2.24) is 20.2 Å². The third-order valence-corrected chi connectivity index (χ3v) is 3.33. The van der Waals surface area contributed by atoms with Gasteiger partial charge in [-0.25, -0.2) is 9.97 Å². The van der Waals surface area contributed by atoms with Gasteiger partial charge in [0.2, 0.25) is 5.95 Å². The summed E-state index contributed by atoms with van der Waals surface area (Å²) in [4.78, 5) is 22.5. The molecule has 0 saturated carbocycles. The van der Waals surface area contributed by atoms with Gasteiger partial charge in [0.1, 0.15) is 0 Å². The molecule has 0 aliphatic rings. The van der Waals surface area contributed by atoms with Crippen LogP contribution in [0.2, 0.25) is 0 Å². The fourth-order valence-electron chi connectivity index (χ4n) is 1.92. The Balaban J connectivity index is 1.83. The third kappa shape index (κ3) is 5.67. The number of nitrogens with one attached hydrogen (secondary N) is 2. The molecule has 2 rings (SSSR count). The number of aromatic nitrogens is 2. The predicted molar refractivity (Wildman–Crippen MR) is 91.4 cm³/mol. The fraction of sp³-hybridized carbons (Fsp3) is 0.353. The number of amides is 1. The van der Waals surface area contributed by atoms with Gasteiger partial charge in [-0.15, -0.1) is 0 Å². The molecule has 6 heteroatoms. The Kier molecular flexibility index (Phi) is 6.05. The third-order valence-electron chi connectivity index (χ3n) is 3.33. The summed E-state index contributed by atoms with van der Waals surface area (Å²) in [5.74, 6) is 0.354. The second kappa shape index (κ2) is 8.24. The standard InChI is InChI=1S/C17H23N5O/c1-13-4-6-14(7-5-13)10-19-16(23)15-11-20-17(21-12-15)18-8-9-22(2)3/h4-7,11-12H,8-10H2,1-3H3,(H,19,23)(H,18,20,21). The maximum absolute atomic E-state index is 12.1. The first-order valence-electron chi connectivity index (χ1n) is 7.59. The number of rotatable bonds is 7. The Morgan fingerprint density at radius 2 is 1.78 bits per heavy atom. The van der Waals surface area contributed by atoms with Crippen LogP contribution >= 0.6 is 0 Å². The molecule has 0 aliphatic carbocycles. The van der Waals surface area contributed by atoms with Crippen molar-refractivity contribution in [2.24, 2.45) is 0 Å². The number of carbonyl (C=O) groups is 1.